The minimum atomic E-state index is -0.316. The second-order valence-electron chi connectivity index (χ2n) is 6.38. The zero-order valence-electron chi connectivity index (χ0n) is 14.8. The number of amides is 1. The molecule has 0 unspecified atom stereocenters. The number of carbonyl (C=O) groups excluding carboxylic acids is 1. The summed E-state index contributed by atoms with van der Waals surface area (Å²) in [6.45, 7) is 5.50. The van der Waals surface area contributed by atoms with Gasteiger partial charge in [0, 0.05) is 39.0 Å². The fraction of sp³-hybridized carbons (Fsp3) is 0.500. The molecule has 1 aliphatic rings. The molecule has 0 bridgehead atoms. The van der Waals surface area contributed by atoms with Gasteiger partial charge in [-0.05, 0) is 12.6 Å². The van der Waals surface area contributed by atoms with E-state index in [0.29, 0.717) is 24.7 Å². The minimum Gasteiger partial charge on any atom is -0.406 e. The van der Waals surface area contributed by atoms with Crippen LogP contribution < -0.4 is 10.2 Å². The molecule has 1 aliphatic heterocycles. The van der Waals surface area contributed by atoms with E-state index >= 15 is 0 Å². The topological polar surface area (TPSA) is 74.5 Å². The molecule has 2 aromatic rings. The summed E-state index contributed by atoms with van der Waals surface area (Å²) in [5.41, 5.74) is 1.11. The molecular formula is C18H25N5O2. The fourth-order valence-corrected chi connectivity index (χ4v) is 2.84. The Morgan fingerprint density at radius 1 is 1.20 bits per heavy atom. The van der Waals surface area contributed by atoms with Crippen molar-refractivity contribution in [1.29, 1.82) is 0 Å². The molecule has 2 heterocycles. The monoisotopic (exact) mass is 343 g/mol. The first kappa shape index (κ1) is 17.4. The van der Waals surface area contributed by atoms with E-state index in [-0.39, 0.29) is 11.9 Å². The van der Waals surface area contributed by atoms with E-state index in [1.165, 1.54) is 0 Å². The van der Waals surface area contributed by atoms with E-state index in [4.69, 9.17) is 4.42 Å². The van der Waals surface area contributed by atoms with E-state index in [9.17, 15) is 4.79 Å². The highest BCUT2D eigenvalue weighted by Gasteiger charge is 2.24. The van der Waals surface area contributed by atoms with E-state index in [2.05, 4.69) is 32.4 Å². The van der Waals surface area contributed by atoms with Crippen LogP contribution in [0.3, 0.4) is 0 Å². The van der Waals surface area contributed by atoms with Gasteiger partial charge in [-0.3, -0.25) is 4.79 Å². The number of rotatable bonds is 6. The average Bonchev–Trinajstić information content (AvgIpc) is 3.12. The second-order valence-corrected chi connectivity index (χ2v) is 6.38. The lowest BCUT2D eigenvalue weighted by molar-refractivity contribution is -0.121. The van der Waals surface area contributed by atoms with Crippen molar-refractivity contribution in [3.8, 4) is 0 Å². The Hall–Kier alpha value is -2.41. The molecule has 1 amide bonds. The van der Waals surface area contributed by atoms with Crippen LogP contribution >= 0.6 is 0 Å². The number of nitrogens with one attached hydrogen (secondary N) is 1. The number of anilines is 1. The molecule has 7 nitrogen and oxygen atoms in total. The van der Waals surface area contributed by atoms with Gasteiger partial charge in [-0.1, -0.05) is 42.4 Å². The summed E-state index contributed by atoms with van der Waals surface area (Å²) in [5, 5.41) is 11.4. The lowest BCUT2D eigenvalue weighted by atomic mass is 10.1. The summed E-state index contributed by atoms with van der Waals surface area (Å²) in [4.78, 5) is 16.3. The highest BCUT2D eigenvalue weighted by molar-refractivity contribution is 5.75. The first-order valence-electron chi connectivity index (χ1n) is 8.76. The Morgan fingerprint density at radius 2 is 1.92 bits per heavy atom. The van der Waals surface area contributed by atoms with E-state index in [1.54, 1.807) is 0 Å². The first-order chi connectivity index (χ1) is 12.2. The van der Waals surface area contributed by atoms with Gasteiger partial charge in [0.25, 0.3) is 0 Å². The minimum absolute atomic E-state index is 0.0275. The third-order valence-corrected chi connectivity index (χ3v) is 4.44. The molecule has 3 rings (SSSR count). The van der Waals surface area contributed by atoms with Crippen molar-refractivity contribution in [3.05, 3.63) is 41.8 Å². The Balaban J connectivity index is 1.75. The predicted molar refractivity (Wildman–Crippen MR) is 95.3 cm³/mol. The number of hydrogen-bond acceptors (Lipinski definition) is 6. The summed E-state index contributed by atoms with van der Waals surface area (Å²) in [6, 6.07) is 10.2. The van der Waals surface area contributed by atoms with E-state index in [0.717, 1.165) is 31.7 Å². The van der Waals surface area contributed by atoms with Gasteiger partial charge in [0.1, 0.15) is 6.04 Å². The first-order valence-corrected chi connectivity index (χ1v) is 8.76. The zero-order valence-corrected chi connectivity index (χ0v) is 14.8. The highest BCUT2D eigenvalue weighted by atomic mass is 16.4. The van der Waals surface area contributed by atoms with Crippen LogP contribution in [0.2, 0.25) is 0 Å². The second kappa shape index (κ2) is 8.11. The molecule has 0 spiro atoms. The molecule has 1 saturated heterocycles. The summed E-state index contributed by atoms with van der Waals surface area (Å²) < 4.78 is 5.91. The molecule has 25 heavy (non-hydrogen) atoms. The van der Waals surface area contributed by atoms with E-state index < -0.39 is 0 Å². The molecule has 0 aliphatic carbocycles. The standard InChI is InChI=1S/C18H25N5O2/c1-3-16(24)19-15(13-14-7-5-4-6-8-14)17-20-21-18(25-17)23-11-9-22(2)10-12-23/h4-8,15H,3,9-13H2,1-2H3,(H,19,24)/t15-/m0/s1. The van der Waals surface area contributed by atoms with Crippen LogP contribution in [0.4, 0.5) is 6.01 Å². The van der Waals surface area contributed by atoms with Crippen molar-refractivity contribution in [1.82, 2.24) is 20.4 Å². The third kappa shape index (κ3) is 4.57. The van der Waals surface area contributed by atoms with Crippen molar-refractivity contribution in [2.24, 2.45) is 0 Å². The molecule has 1 N–H and O–H groups in total. The van der Waals surface area contributed by atoms with Crippen molar-refractivity contribution < 1.29 is 9.21 Å². The molecule has 0 radical (unpaired) electrons. The Morgan fingerprint density at radius 3 is 2.60 bits per heavy atom. The number of nitrogens with zero attached hydrogens (tertiary/aromatic N) is 4. The number of likely N-dealkylation sites (N-methyl/N-ethyl adjacent to an activating group) is 1. The Kier molecular flexibility index (Phi) is 5.65. The number of benzene rings is 1. The van der Waals surface area contributed by atoms with Crippen LogP contribution in [0.5, 0.6) is 0 Å². The zero-order chi connectivity index (χ0) is 17.6. The van der Waals surface area contributed by atoms with Gasteiger partial charge in [-0.15, -0.1) is 5.10 Å². The Bertz CT molecular complexity index is 680. The van der Waals surface area contributed by atoms with Crippen molar-refractivity contribution >= 4 is 11.9 Å². The van der Waals surface area contributed by atoms with Crippen LogP contribution in [0, 0.1) is 0 Å². The quantitative estimate of drug-likeness (QED) is 0.859. The van der Waals surface area contributed by atoms with Gasteiger partial charge in [0.05, 0.1) is 0 Å². The van der Waals surface area contributed by atoms with Crippen LogP contribution in [0.25, 0.3) is 0 Å². The molecule has 1 aromatic heterocycles. The maximum absolute atomic E-state index is 11.9. The van der Waals surface area contributed by atoms with Crippen molar-refractivity contribution in [2.45, 2.75) is 25.8 Å². The van der Waals surface area contributed by atoms with Crippen LogP contribution in [-0.4, -0.2) is 54.2 Å². The SMILES string of the molecule is CCC(=O)N[C@@H](Cc1ccccc1)c1nnc(N2CCN(C)CC2)o1. The maximum Gasteiger partial charge on any atom is 0.318 e. The summed E-state index contributed by atoms with van der Waals surface area (Å²) in [7, 11) is 2.10. The largest absolute Gasteiger partial charge is 0.406 e. The average molecular weight is 343 g/mol. The van der Waals surface area contributed by atoms with Gasteiger partial charge in [0.15, 0.2) is 0 Å². The number of aromatic nitrogens is 2. The molecular weight excluding hydrogens is 318 g/mol. The molecule has 1 fully saturated rings. The number of carbonyl (C=O) groups is 1. The highest BCUT2D eigenvalue weighted by Crippen LogP contribution is 2.22. The Labute approximate surface area is 148 Å². The van der Waals surface area contributed by atoms with Gasteiger partial charge < -0.3 is 19.5 Å². The van der Waals surface area contributed by atoms with Gasteiger partial charge in [-0.2, -0.15) is 0 Å². The predicted octanol–water partition coefficient (Wildman–Crippen LogP) is 1.63. The molecule has 7 heteroatoms. The van der Waals surface area contributed by atoms with Crippen LogP contribution in [-0.2, 0) is 11.2 Å². The lowest BCUT2D eigenvalue weighted by Gasteiger charge is -2.30. The number of hydrogen-bond donors (Lipinski definition) is 1. The smallest absolute Gasteiger partial charge is 0.318 e. The third-order valence-electron chi connectivity index (χ3n) is 4.44. The van der Waals surface area contributed by atoms with Crippen molar-refractivity contribution in [2.75, 3.05) is 38.1 Å². The number of piperazine rings is 1. The summed E-state index contributed by atoms with van der Waals surface area (Å²) >= 11 is 0. The van der Waals surface area contributed by atoms with Gasteiger partial charge in [0.2, 0.25) is 11.8 Å². The lowest BCUT2D eigenvalue weighted by Crippen LogP contribution is -2.44. The van der Waals surface area contributed by atoms with Crippen LogP contribution in [0.15, 0.2) is 34.7 Å². The van der Waals surface area contributed by atoms with Gasteiger partial charge in [-0.25, -0.2) is 0 Å². The van der Waals surface area contributed by atoms with Gasteiger partial charge >= 0.3 is 6.01 Å². The summed E-state index contributed by atoms with van der Waals surface area (Å²) in [6.07, 6.45) is 1.04. The normalized spacial score (nSPS) is 16.6. The molecule has 1 atom stereocenters. The summed E-state index contributed by atoms with van der Waals surface area (Å²) in [5.74, 6) is 0.430. The molecule has 0 saturated carbocycles. The van der Waals surface area contributed by atoms with E-state index in [1.807, 2.05) is 37.3 Å². The molecule has 1 aromatic carbocycles. The molecule has 134 valence electrons. The van der Waals surface area contributed by atoms with Crippen molar-refractivity contribution in [3.63, 3.8) is 0 Å². The maximum atomic E-state index is 11.9. The van der Waals surface area contributed by atoms with Crippen LogP contribution in [0.1, 0.15) is 30.8 Å². The fourth-order valence-electron chi connectivity index (χ4n) is 2.84.